The van der Waals surface area contributed by atoms with E-state index in [2.05, 4.69) is 5.32 Å². The average molecular weight is 300 g/mol. The van der Waals surface area contributed by atoms with E-state index in [1.807, 2.05) is 0 Å². The topological polar surface area (TPSA) is 111 Å². The van der Waals surface area contributed by atoms with E-state index in [9.17, 15) is 19.3 Å². The van der Waals surface area contributed by atoms with Gasteiger partial charge in [0, 0.05) is 6.54 Å². The van der Waals surface area contributed by atoms with E-state index in [0.717, 1.165) is 6.07 Å². The molecule has 1 aliphatic rings. The van der Waals surface area contributed by atoms with Crippen LogP contribution in [-0.4, -0.2) is 48.5 Å². The Hall–Kier alpha value is -2.26. The van der Waals surface area contributed by atoms with Crippen molar-refractivity contribution in [2.75, 3.05) is 31.7 Å². The van der Waals surface area contributed by atoms with Gasteiger partial charge in [-0.05, 0) is 6.07 Å². The second-order valence-electron chi connectivity index (χ2n) is 4.36. The predicted octanol–water partition coefficient (Wildman–Crippen LogP) is 1.26. The molecule has 2 rings (SSSR count). The number of halogens is 1. The number of nitrogens with zero attached hydrogens (tertiary/aromatic N) is 1. The van der Waals surface area contributed by atoms with Crippen LogP contribution in [0.1, 0.15) is 10.4 Å². The van der Waals surface area contributed by atoms with Crippen LogP contribution < -0.4 is 5.32 Å². The maximum Gasteiger partial charge on any atom is 0.338 e. The van der Waals surface area contributed by atoms with E-state index in [0.29, 0.717) is 25.9 Å². The molecule has 1 atom stereocenters. The summed E-state index contributed by atoms with van der Waals surface area (Å²) in [7, 11) is 0. The first-order valence-electron chi connectivity index (χ1n) is 6.13. The number of hydrogen-bond donors (Lipinski definition) is 2. The minimum Gasteiger partial charge on any atom is -0.478 e. The minimum atomic E-state index is -1.50. The van der Waals surface area contributed by atoms with E-state index in [4.69, 9.17) is 14.6 Å². The Morgan fingerprint density at radius 2 is 2.29 bits per heavy atom. The zero-order valence-electron chi connectivity index (χ0n) is 10.9. The van der Waals surface area contributed by atoms with Gasteiger partial charge in [-0.15, -0.1) is 0 Å². The maximum absolute atomic E-state index is 13.5. The van der Waals surface area contributed by atoms with Crippen LogP contribution in [0.15, 0.2) is 12.1 Å². The number of nitro groups is 1. The summed E-state index contributed by atoms with van der Waals surface area (Å²) in [6, 6.07) is 1.49. The molecular weight excluding hydrogens is 287 g/mol. The van der Waals surface area contributed by atoms with Crippen molar-refractivity contribution in [3.8, 4) is 0 Å². The second kappa shape index (κ2) is 6.46. The predicted molar refractivity (Wildman–Crippen MR) is 69.1 cm³/mol. The molecule has 0 amide bonds. The Kier molecular flexibility index (Phi) is 4.66. The van der Waals surface area contributed by atoms with Crippen molar-refractivity contribution in [1.82, 2.24) is 0 Å². The van der Waals surface area contributed by atoms with Crippen molar-refractivity contribution < 1.29 is 28.7 Å². The molecule has 0 aromatic heterocycles. The van der Waals surface area contributed by atoms with E-state index in [1.54, 1.807) is 0 Å². The van der Waals surface area contributed by atoms with Gasteiger partial charge in [0.15, 0.2) is 0 Å². The molecule has 1 unspecified atom stereocenters. The highest BCUT2D eigenvalue weighted by Gasteiger charge is 2.23. The number of anilines is 1. The Morgan fingerprint density at radius 3 is 2.86 bits per heavy atom. The third-order valence-corrected chi connectivity index (χ3v) is 2.92. The lowest BCUT2D eigenvalue weighted by Gasteiger charge is -2.23. The largest absolute Gasteiger partial charge is 0.478 e. The normalized spacial score (nSPS) is 18.2. The van der Waals surface area contributed by atoms with E-state index in [1.165, 1.54) is 0 Å². The molecule has 1 aromatic rings. The lowest BCUT2D eigenvalue weighted by atomic mass is 10.1. The molecule has 8 nitrogen and oxygen atoms in total. The minimum absolute atomic E-state index is 0.0760. The SMILES string of the molecule is O=C(O)c1cc(NCC2COCCO2)c([N+](=O)[O-])cc1F. The summed E-state index contributed by atoms with van der Waals surface area (Å²) >= 11 is 0. The fraction of sp³-hybridized carbons (Fsp3) is 0.417. The summed E-state index contributed by atoms with van der Waals surface area (Å²) < 4.78 is 24.0. The van der Waals surface area contributed by atoms with Crippen molar-refractivity contribution in [2.24, 2.45) is 0 Å². The Morgan fingerprint density at radius 1 is 1.52 bits per heavy atom. The highest BCUT2D eigenvalue weighted by molar-refractivity contribution is 5.90. The van der Waals surface area contributed by atoms with Crippen LogP contribution in [0.25, 0.3) is 0 Å². The third-order valence-electron chi connectivity index (χ3n) is 2.92. The van der Waals surface area contributed by atoms with Gasteiger partial charge in [-0.25, -0.2) is 9.18 Å². The molecule has 21 heavy (non-hydrogen) atoms. The van der Waals surface area contributed by atoms with Crippen LogP contribution in [0.2, 0.25) is 0 Å². The van der Waals surface area contributed by atoms with Crippen molar-refractivity contribution in [1.29, 1.82) is 0 Å². The summed E-state index contributed by atoms with van der Waals surface area (Å²) in [4.78, 5) is 21.0. The van der Waals surface area contributed by atoms with Gasteiger partial charge in [0.25, 0.3) is 5.69 Å². The number of carboxylic acid groups (broad SMARTS) is 1. The Bertz CT molecular complexity index is 559. The molecule has 114 valence electrons. The molecule has 0 aliphatic carbocycles. The molecule has 0 radical (unpaired) electrons. The second-order valence-corrected chi connectivity index (χ2v) is 4.36. The number of carboxylic acids is 1. The molecule has 0 spiro atoms. The van der Waals surface area contributed by atoms with Gasteiger partial charge in [0.1, 0.15) is 11.5 Å². The van der Waals surface area contributed by atoms with Crippen LogP contribution >= 0.6 is 0 Å². The fourth-order valence-corrected chi connectivity index (χ4v) is 1.90. The number of nitro benzene ring substituents is 1. The number of rotatable bonds is 5. The first-order chi connectivity index (χ1) is 9.99. The standard InChI is InChI=1S/C12H13FN2O6/c13-9-4-11(15(18)19)10(3-8(9)12(16)17)14-5-7-6-20-1-2-21-7/h3-4,7,14H,1-2,5-6H2,(H,16,17). The van der Waals surface area contributed by atoms with Crippen LogP contribution in [0, 0.1) is 15.9 Å². The van der Waals surface area contributed by atoms with Gasteiger partial charge in [0.2, 0.25) is 0 Å². The Balaban J connectivity index is 2.20. The van der Waals surface area contributed by atoms with Gasteiger partial charge in [-0.3, -0.25) is 10.1 Å². The zero-order valence-corrected chi connectivity index (χ0v) is 10.9. The number of benzene rings is 1. The quantitative estimate of drug-likeness (QED) is 0.622. The lowest BCUT2D eigenvalue weighted by molar-refractivity contribution is -0.384. The first-order valence-corrected chi connectivity index (χ1v) is 6.13. The summed E-state index contributed by atoms with van der Waals surface area (Å²) in [6.07, 6.45) is -0.309. The summed E-state index contributed by atoms with van der Waals surface area (Å²) in [6.45, 7) is 1.41. The van der Waals surface area contributed by atoms with Crippen LogP contribution in [0.5, 0.6) is 0 Å². The summed E-state index contributed by atoms with van der Waals surface area (Å²) in [5.41, 5.74) is -1.24. The van der Waals surface area contributed by atoms with Crippen molar-refractivity contribution in [3.63, 3.8) is 0 Å². The fourth-order valence-electron chi connectivity index (χ4n) is 1.90. The van der Waals surface area contributed by atoms with Crippen molar-refractivity contribution in [2.45, 2.75) is 6.10 Å². The number of hydrogen-bond acceptors (Lipinski definition) is 6. The first kappa shape index (κ1) is 15.1. The molecule has 0 bridgehead atoms. The number of nitrogens with one attached hydrogen (secondary N) is 1. The molecule has 1 aromatic carbocycles. The zero-order chi connectivity index (χ0) is 15.4. The third kappa shape index (κ3) is 3.64. The number of aromatic carboxylic acids is 1. The highest BCUT2D eigenvalue weighted by Crippen LogP contribution is 2.28. The van der Waals surface area contributed by atoms with E-state index < -0.39 is 28.0 Å². The monoisotopic (exact) mass is 300 g/mol. The average Bonchev–Trinajstić information content (AvgIpc) is 2.46. The molecule has 1 heterocycles. The van der Waals surface area contributed by atoms with E-state index in [-0.39, 0.29) is 18.3 Å². The van der Waals surface area contributed by atoms with Gasteiger partial charge >= 0.3 is 5.97 Å². The van der Waals surface area contributed by atoms with Gasteiger partial charge in [0.05, 0.1) is 42.5 Å². The van der Waals surface area contributed by atoms with Crippen LogP contribution in [0.4, 0.5) is 15.8 Å². The smallest absolute Gasteiger partial charge is 0.338 e. The Labute approximate surface area is 118 Å². The van der Waals surface area contributed by atoms with Crippen molar-refractivity contribution >= 4 is 17.3 Å². The van der Waals surface area contributed by atoms with Gasteiger partial charge in [-0.2, -0.15) is 0 Å². The summed E-state index contributed by atoms with van der Waals surface area (Å²) in [5.74, 6) is -2.65. The molecule has 0 saturated carbocycles. The maximum atomic E-state index is 13.5. The van der Waals surface area contributed by atoms with Crippen LogP contribution in [-0.2, 0) is 9.47 Å². The number of ether oxygens (including phenoxy) is 2. The lowest BCUT2D eigenvalue weighted by Crippen LogP contribution is -2.34. The van der Waals surface area contributed by atoms with Gasteiger partial charge in [-0.1, -0.05) is 0 Å². The van der Waals surface area contributed by atoms with E-state index >= 15 is 0 Å². The number of carbonyl (C=O) groups is 1. The molecular formula is C12H13FN2O6. The molecule has 1 saturated heterocycles. The van der Waals surface area contributed by atoms with Crippen LogP contribution in [0.3, 0.4) is 0 Å². The molecule has 2 N–H and O–H groups in total. The molecule has 9 heteroatoms. The van der Waals surface area contributed by atoms with Gasteiger partial charge < -0.3 is 19.9 Å². The highest BCUT2D eigenvalue weighted by atomic mass is 19.1. The molecule has 1 fully saturated rings. The molecule has 1 aliphatic heterocycles. The van der Waals surface area contributed by atoms with Crippen molar-refractivity contribution in [3.05, 3.63) is 33.6 Å². The summed E-state index contributed by atoms with van der Waals surface area (Å²) in [5, 5.41) is 22.5.